The lowest BCUT2D eigenvalue weighted by Crippen LogP contribution is -2.43. The molecule has 1 amide bonds. The van der Waals surface area contributed by atoms with Crippen LogP contribution in [0.5, 0.6) is 0 Å². The molecule has 2 aliphatic rings. The zero-order valence-electron chi connectivity index (χ0n) is 15.4. The molecule has 5 nitrogen and oxygen atoms in total. The Hall–Kier alpha value is -2.43. The van der Waals surface area contributed by atoms with Crippen molar-refractivity contribution in [1.29, 1.82) is 0 Å². The molecule has 1 N–H and O–H groups in total. The molecule has 1 saturated heterocycles. The highest BCUT2D eigenvalue weighted by atomic mass is 16.1. The molecule has 0 saturated carbocycles. The van der Waals surface area contributed by atoms with Crippen LogP contribution in [0, 0.1) is 5.92 Å². The summed E-state index contributed by atoms with van der Waals surface area (Å²) in [5, 5.41) is 2.98. The predicted molar refractivity (Wildman–Crippen MR) is 103 cm³/mol. The Labute approximate surface area is 154 Å². The van der Waals surface area contributed by atoms with E-state index in [-0.39, 0.29) is 11.8 Å². The maximum atomic E-state index is 12.3. The lowest BCUT2D eigenvalue weighted by atomic mass is 9.96. The van der Waals surface area contributed by atoms with E-state index < -0.39 is 0 Å². The molecule has 136 valence electrons. The number of aromatic nitrogens is 2. The molecule has 0 spiro atoms. The first-order valence-corrected chi connectivity index (χ1v) is 9.74. The van der Waals surface area contributed by atoms with E-state index in [4.69, 9.17) is 9.97 Å². The quantitative estimate of drug-likeness (QED) is 0.921. The van der Waals surface area contributed by atoms with Crippen LogP contribution in [0.1, 0.15) is 37.4 Å². The monoisotopic (exact) mass is 350 g/mol. The van der Waals surface area contributed by atoms with Gasteiger partial charge in [-0.05, 0) is 39.0 Å². The van der Waals surface area contributed by atoms with E-state index in [1.807, 2.05) is 25.1 Å². The van der Waals surface area contributed by atoms with Gasteiger partial charge in [0.2, 0.25) is 5.91 Å². The van der Waals surface area contributed by atoms with Crippen LogP contribution < -0.4 is 10.2 Å². The Balaban J connectivity index is 1.67. The van der Waals surface area contributed by atoms with Crippen molar-refractivity contribution in [3.63, 3.8) is 0 Å². The van der Waals surface area contributed by atoms with Crippen LogP contribution in [0.3, 0.4) is 0 Å². The third-order valence-electron chi connectivity index (χ3n) is 5.39. The largest absolute Gasteiger partial charge is 0.356 e. The van der Waals surface area contributed by atoms with Gasteiger partial charge in [0.25, 0.3) is 0 Å². The van der Waals surface area contributed by atoms with E-state index in [0.29, 0.717) is 6.54 Å². The minimum Gasteiger partial charge on any atom is -0.356 e. The Kier molecular flexibility index (Phi) is 4.87. The first-order valence-electron chi connectivity index (χ1n) is 9.74. The zero-order valence-corrected chi connectivity index (χ0v) is 15.4. The SMILES string of the molecule is CCNC(=O)[C@H]1CCCN(c2nc(-c3ccccc3)nc3c2CCC3)C1. The number of amides is 1. The van der Waals surface area contributed by atoms with Gasteiger partial charge in [-0.15, -0.1) is 0 Å². The molecule has 1 aromatic heterocycles. The third-order valence-corrected chi connectivity index (χ3v) is 5.39. The van der Waals surface area contributed by atoms with Gasteiger partial charge in [0, 0.05) is 36.5 Å². The van der Waals surface area contributed by atoms with Gasteiger partial charge in [-0.2, -0.15) is 0 Å². The van der Waals surface area contributed by atoms with Crippen molar-refractivity contribution in [2.24, 2.45) is 5.92 Å². The third kappa shape index (κ3) is 3.30. The maximum Gasteiger partial charge on any atom is 0.224 e. The number of fused-ring (bicyclic) bond motifs is 1. The Morgan fingerprint density at radius 1 is 1.19 bits per heavy atom. The number of benzene rings is 1. The number of aryl methyl sites for hydroxylation is 1. The standard InChI is InChI=1S/C21H26N4O/c1-2-22-21(26)16-10-7-13-25(14-16)20-17-11-6-12-18(17)23-19(24-20)15-8-4-3-5-9-15/h3-5,8-9,16H,2,6-7,10-14H2,1H3,(H,22,26)/t16-/m0/s1. The molecule has 2 aromatic rings. The number of anilines is 1. The number of hydrogen-bond donors (Lipinski definition) is 1. The summed E-state index contributed by atoms with van der Waals surface area (Å²) < 4.78 is 0. The highest BCUT2D eigenvalue weighted by Gasteiger charge is 2.30. The van der Waals surface area contributed by atoms with Crippen LogP contribution in [-0.2, 0) is 17.6 Å². The smallest absolute Gasteiger partial charge is 0.224 e. The summed E-state index contributed by atoms with van der Waals surface area (Å²) in [5.74, 6) is 2.09. The van der Waals surface area contributed by atoms with E-state index in [0.717, 1.165) is 62.4 Å². The number of piperidine rings is 1. The van der Waals surface area contributed by atoms with Crippen molar-refractivity contribution in [3.05, 3.63) is 41.6 Å². The van der Waals surface area contributed by atoms with Crippen molar-refractivity contribution >= 4 is 11.7 Å². The average molecular weight is 350 g/mol. The minimum atomic E-state index is 0.0518. The van der Waals surface area contributed by atoms with Crippen molar-refractivity contribution in [3.8, 4) is 11.4 Å². The zero-order chi connectivity index (χ0) is 17.9. The Morgan fingerprint density at radius 2 is 2.04 bits per heavy atom. The van der Waals surface area contributed by atoms with E-state index in [1.165, 1.54) is 11.3 Å². The summed E-state index contributed by atoms with van der Waals surface area (Å²) in [4.78, 5) is 24.5. The van der Waals surface area contributed by atoms with Crippen LogP contribution in [0.2, 0.25) is 0 Å². The van der Waals surface area contributed by atoms with E-state index in [2.05, 4.69) is 22.3 Å². The Morgan fingerprint density at radius 3 is 2.85 bits per heavy atom. The highest BCUT2D eigenvalue weighted by Crippen LogP contribution is 2.33. The summed E-state index contributed by atoms with van der Waals surface area (Å²) in [6.45, 7) is 4.38. The number of nitrogens with zero attached hydrogens (tertiary/aromatic N) is 3. The van der Waals surface area contributed by atoms with Gasteiger partial charge in [0.15, 0.2) is 5.82 Å². The van der Waals surface area contributed by atoms with Gasteiger partial charge >= 0.3 is 0 Å². The van der Waals surface area contributed by atoms with Gasteiger partial charge in [-0.3, -0.25) is 4.79 Å². The number of nitrogens with one attached hydrogen (secondary N) is 1. The molecule has 0 unspecified atom stereocenters. The molecule has 2 heterocycles. The summed E-state index contributed by atoms with van der Waals surface area (Å²) in [5.41, 5.74) is 3.54. The molecule has 4 rings (SSSR count). The normalized spacial score (nSPS) is 19.3. The van der Waals surface area contributed by atoms with Gasteiger partial charge in [0.1, 0.15) is 5.82 Å². The van der Waals surface area contributed by atoms with Gasteiger partial charge in [0.05, 0.1) is 5.92 Å². The molecule has 1 aliphatic carbocycles. The van der Waals surface area contributed by atoms with Gasteiger partial charge < -0.3 is 10.2 Å². The fourth-order valence-corrected chi connectivity index (χ4v) is 4.09. The summed E-state index contributed by atoms with van der Waals surface area (Å²) in [6.07, 6.45) is 5.20. The molecular formula is C21H26N4O. The number of carbonyl (C=O) groups is 1. The number of carbonyl (C=O) groups excluding carboxylic acids is 1. The maximum absolute atomic E-state index is 12.3. The average Bonchev–Trinajstić information content (AvgIpc) is 3.17. The van der Waals surface area contributed by atoms with Crippen LogP contribution in [0.4, 0.5) is 5.82 Å². The molecule has 1 atom stereocenters. The molecule has 0 radical (unpaired) electrons. The second kappa shape index (κ2) is 7.44. The lowest BCUT2D eigenvalue weighted by Gasteiger charge is -2.34. The van der Waals surface area contributed by atoms with Crippen molar-refractivity contribution in [1.82, 2.24) is 15.3 Å². The highest BCUT2D eigenvalue weighted by molar-refractivity contribution is 5.79. The van der Waals surface area contributed by atoms with E-state index >= 15 is 0 Å². The van der Waals surface area contributed by atoms with Crippen LogP contribution in [0.25, 0.3) is 11.4 Å². The fourth-order valence-electron chi connectivity index (χ4n) is 4.09. The minimum absolute atomic E-state index is 0.0518. The van der Waals surface area contributed by atoms with Crippen molar-refractivity contribution in [2.45, 2.75) is 39.0 Å². The predicted octanol–water partition coefficient (Wildman–Crippen LogP) is 2.98. The molecule has 26 heavy (non-hydrogen) atoms. The van der Waals surface area contributed by atoms with E-state index in [1.54, 1.807) is 0 Å². The lowest BCUT2D eigenvalue weighted by molar-refractivity contribution is -0.125. The molecule has 5 heteroatoms. The first-order chi connectivity index (χ1) is 12.8. The molecular weight excluding hydrogens is 324 g/mol. The molecule has 1 aliphatic heterocycles. The summed E-state index contributed by atoms with van der Waals surface area (Å²) >= 11 is 0. The van der Waals surface area contributed by atoms with Crippen molar-refractivity contribution in [2.75, 3.05) is 24.5 Å². The number of hydrogen-bond acceptors (Lipinski definition) is 4. The molecule has 1 fully saturated rings. The van der Waals surface area contributed by atoms with Crippen molar-refractivity contribution < 1.29 is 4.79 Å². The summed E-state index contributed by atoms with van der Waals surface area (Å²) in [6, 6.07) is 10.2. The first kappa shape index (κ1) is 17.0. The second-order valence-electron chi connectivity index (χ2n) is 7.20. The number of rotatable bonds is 4. The topological polar surface area (TPSA) is 58.1 Å². The second-order valence-corrected chi connectivity index (χ2v) is 7.20. The fraction of sp³-hybridized carbons (Fsp3) is 0.476. The molecule has 1 aromatic carbocycles. The van der Waals surface area contributed by atoms with Crippen LogP contribution in [0.15, 0.2) is 30.3 Å². The Bertz CT molecular complexity index is 790. The molecule has 0 bridgehead atoms. The van der Waals surface area contributed by atoms with Crippen LogP contribution >= 0.6 is 0 Å². The summed E-state index contributed by atoms with van der Waals surface area (Å²) in [7, 11) is 0. The van der Waals surface area contributed by atoms with Crippen LogP contribution in [-0.4, -0.2) is 35.5 Å². The van der Waals surface area contributed by atoms with Gasteiger partial charge in [-0.1, -0.05) is 30.3 Å². The van der Waals surface area contributed by atoms with E-state index in [9.17, 15) is 4.79 Å². The van der Waals surface area contributed by atoms with Gasteiger partial charge in [-0.25, -0.2) is 9.97 Å².